The van der Waals surface area contributed by atoms with Gasteiger partial charge in [-0.2, -0.15) is 0 Å². The minimum atomic E-state index is -0.0811. The first-order chi connectivity index (χ1) is 13.5. The second kappa shape index (κ2) is 7.17. The number of benzene rings is 2. The van der Waals surface area contributed by atoms with Crippen LogP contribution in [0.5, 0.6) is 5.75 Å². The summed E-state index contributed by atoms with van der Waals surface area (Å²) in [6.45, 7) is 2.58. The van der Waals surface area contributed by atoms with Gasteiger partial charge in [-0.1, -0.05) is 30.7 Å². The number of rotatable bonds is 3. The first-order valence-corrected chi connectivity index (χ1v) is 10.5. The number of halogens is 1. The summed E-state index contributed by atoms with van der Waals surface area (Å²) >= 11 is 1.42. The van der Waals surface area contributed by atoms with Crippen LogP contribution in [-0.2, 0) is 5.41 Å². The Morgan fingerprint density at radius 2 is 1.93 bits per heavy atom. The maximum Gasteiger partial charge on any atom is 0.266 e. The number of hydrogen-bond donors (Lipinski definition) is 3. The van der Waals surface area contributed by atoms with Crippen molar-refractivity contribution in [2.75, 3.05) is 6.54 Å². The first-order valence-electron chi connectivity index (χ1n) is 9.61. The average molecular weight is 427 g/mol. The fourth-order valence-corrected chi connectivity index (χ4v) is 5.37. The Kier molecular flexibility index (Phi) is 4.93. The molecular weight excluding hydrogens is 404 g/mol. The van der Waals surface area contributed by atoms with Crippen molar-refractivity contribution in [3.63, 3.8) is 0 Å². The highest BCUT2D eigenvalue weighted by Crippen LogP contribution is 2.45. The van der Waals surface area contributed by atoms with Crippen LogP contribution in [0.2, 0.25) is 0 Å². The molecule has 4 nitrogen and oxygen atoms in total. The van der Waals surface area contributed by atoms with Crippen molar-refractivity contribution in [2.45, 2.75) is 31.6 Å². The van der Waals surface area contributed by atoms with Gasteiger partial charge in [0.25, 0.3) is 5.56 Å². The van der Waals surface area contributed by atoms with E-state index in [-0.39, 0.29) is 29.1 Å². The van der Waals surface area contributed by atoms with Crippen molar-refractivity contribution in [1.29, 1.82) is 0 Å². The molecule has 0 bridgehead atoms. The number of nitrogens with two attached hydrogens (primary N) is 1. The van der Waals surface area contributed by atoms with Gasteiger partial charge in [-0.05, 0) is 54.0 Å². The average Bonchev–Trinajstić information content (AvgIpc) is 3.14. The van der Waals surface area contributed by atoms with E-state index in [9.17, 15) is 9.90 Å². The van der Waals surface area contributed by atoms with Crippen LogP contribution >= 0.6 is 23.7 Å². The Morgan fingerprint density at radius 1 is 1.21 bits per heavy atom. The summed E-state index contributed by atoms with van der Waals surface area (Å²) in [5, 5.41) is 14.5. The number of phenols is 1. The van der Waals surface area contributed by atoms with Gasteiger partial charge in [0.1, 0.15) is 10.4 Å². The molecule has 2 aromatic carbocycles. The largest absolute Gasteiger partial charge is 0.507 e. The first kappa shape index (κ1) is 20.0. The predicted molar refractivity (Wildman–Crippen MR) is 124 cm³/mol. The number of hydrogen-bond acceptors (Lipinski definition) is 4. The molecule has 2 aromatic heterocycles. The molecule has 2 heterocycles. The van der Waals surface area contributed by atoms with Crippen LogP contribution in [-0.4, -0.2) is 16.6 Å². The SMILES string of the molecule is Cc1cc(O)c(-c2ccc(C3(CN)CCC3)cc2)c2c1[nH]c(=O)c1sccc12.Cl. The third kappa shape index (κ3) is 2.88. The van der Waals surface area contributed by atoms with Gasteiger partial charge < -0.3 is 15.8 Å². The minimum absolute atomic E-state index is 0. The molecule has 5 rings (SSSR count). The molecule has 150 valence electrons. The van der Waals surface area contributed by atoms with E-state index < -0.39 is 0 Å². The summed E-state index contributed by atoms with van der Waals surface area (Å²) in [5.41, 5.74) is 10.7. The maximum atomic E-state index is 12.4. The number of thiophene rings is 1. The number of aryl methyl sites for hydroxylation is 1. The van der Waals surface area contributed by atoms with Gasteiger partial charge in [0.15, 0.2) is 0 Å². The Bertz CT molecular complexity index is 1260. The summed E-state index contributed by atoms with van der Waals surface area (Å²) in [6.07, 6.45) is 3.50. The highest BCUT2D eigenvalue weighted by molar-refractivity contribution is 7.17. The molecule has 29 heavy (non-hydrogen) atoms. The molecule has 0 atom stereocenters. The van der Waals surface area contributed by atoms with Crippen LogP contribution in [0.4, 0.5) is 0 Å². The number of fused-ring (bicyclic) bond motifs is 3. The standard InChI is InChI=1S/C23H22N2O2S.ClH/c1-13-11-17(26)18(19-16-7-10-28-21(16)22(27)25-20(13)19)14-3-5-15(6-4-14)23(12-24)8-2-9-23;/h3-7,10-11,26H,2,8-9,12,24H2,1H3,(H,25,27);1H. The van der Waals surface area contributed by atoms with Crippen molar-refractivity contribution >= 4 is 44.7 Å². The van der Waals surface area contributed by atoms with Gasteiger partial charge in [0, 0.05) is 28.3 Å². The number of phenolic OH excluding ortho intramolecular Hbond substituents is 1. The highest BCUT2D eigenvalue weighted by Gasteiger charge is 2.37. The molecule has 0 saturated heterocycles. The van der Waals surface area contributed by atoms with Crippen LogP contribution in [0.15, 0.2) is 46.6 Å². The Morgan fingerprint density at radius 3 is 2.55 bits per heavy atom. The number of aromatic hydroxyl groups is 1. The molecule has 4 aromatic rings. The van der Waals surface area contributed by atoms with Crippen molar-refractivity contribution < 1.29 is 5.11 Å². The number of pyridine rings is 1. The van der Waals surface area contributed by atoms with Crippen molar-refractivity contribution in [3.05, 3.63) is 63.3 Å². The van der Waals surface area contributed by atoms with E-state index in [1.165, 1.54) is 23.3 Å². The third-order valence-electron chi connectivity index (χ3n) is 6.37. The summed E-state index contributed by atoms with van der Waals surface area (Å²) in [6, 6.07) is 12.1. The summed E-state index contributed by atoms with van der Waals surface area (Å²) < 4.78 is 0.687. The molecule has 1 saturated carbocycles. The third-order valence-corrected chi connectivity index (χ3v) is 7.28. The smallest absolute Gasteiger partial charge is 0.266 e. The van der Waals surface area contributed by atoms with Crippen LogP contribution in [0.1, 0.15) is 30.4 Å². The lowest BCUT2D eigenvalue weighted by molar-refractivity contribution is 0.253. The van der Waals surface area contributed by atoms with Gasteiger partial charge in [0.2, 0.25) is 0 Å². The van der Waals surface area contributed by atoms with Gasteiger partial charge in [-0.3, -0.25) is 4.79 Å². The highest BCUT2D eigenvalue weighted by atomic mass is 35.5. The van der Waals surface area contributed by atoms with E-state index in [0.717, 1.165) is 45.8 Å². The number of aromatic amines is 1. The normalized spacial score (nSPS) is 15.2. The predicted octanol–water partition coefficient (Wildman–Crippen LogP) is 5.23. The van der Waals surface area contributed by atoms with E-state index >= 15 is 0 Å². The summed E-state index contributed by atoms with van der Waals surface area (Å²) in [4.78, 5) is 15.5. The molecule has 1 aliphatic rings. The number of H-pyrrole nitrogens is 1. The molecule has 6 heteroatoms. The zero-order valence-electron chi connectivity index (χ0n) is 16.1. The van der Waals surface area contributed by atoms with Crippen molar-refractivity contribution in [3.8, 4) is 16.9 Å². The monoisotopic (exact) mass is 426 g/mol. The van der Waals surface area contributed by atoms with Crippen LogP contribution < -0.4 is 11.3 Å². The zero-order valence-corrected chi connectivity index (χ0v) is 17.8. The zero-order chi connectivity index (χ0) is 19.5. The van der Waals surface area contributed by atoms with Crippen molar-refractivity contribution in [1.82, 2.24) is 4.98 Å². The van der Waals surface area contributed by atoms with Crippen LogP contribution in [0, 0.1) is 6.92 Å². The van der Waals surface area contributed by atoms with E-state index in [1.54, 1.807) is 6.07 Å². The van der Waals surface area contributed by atoms with E-state index in [0.29, 0.717) is 11.2 Å². The topological polar surface area (TPSA) is 79.1 Å². The second-order valence-corrected chi connectivity index (χ2v) is 8.79. The van der Waals surface area contributed by atoms with Gasteiger partial charge >= 0.3 is 0 Å². The van der Waals surface area contributed by atoms with Gasteiger partial charge in [0.05, 0.1) is 5.52 Å². The Hall–Kier alpha value is -2.34. The molecular formula is C23H23ClN2O2S. The molecule has 0 aliphatic heterocycles. The van der Waals surface area contributed by atoms with E-state index in [1.807, 2.05) is 18.4 Å². The lowest BCUT2D eigenvalue weighted by Gasteiger charge is -2.41. The number of nitrogens with one attached hydrogen (secondary N) is 1. The molecule has 0 amide bonds. The van der Waals surface area contributed by atoms with Crippen LogP contribution in [0.3, 0.4) is 0 Å². The van der Waals surface area contributed by atoms with E-state index in [2.05, 4.69) is 29.2 Å². The minimum Gasteiger partial charge on any atom is -0.507 e. The fourth-order valence-electron chi connectivity index (χ4n) is 4.58. The molecule has 4 N–H and O–H groups in total. The fraction of sp³-hybridized carbons (Fsp3) is 0.261. The number of aromatic nitrogens is 1. The molecule has 1 fully saturated rings. The second-order valence-electron chi connectivity index (χ2n) is 7.87. The van der Waals surface area contributed by atoms with Gasteiger partial charge in [-0.15, -0.1) is 23.7 Å². The molecule has 0 spiro atoms. The quantitative estimate of drug-likeness (QED) is 0.420. The maximum absolute atomic E-state index is 12.4. The van der Waals surface area contributed by atoms with E-state index in [4.69, 9.17) is 5.73 Å². The molecule has 1 aliphatic carbocycles. The Labute approximate surface area is 178 Å². The summed E-state index contributed by atoms with van der Waals surface area (Å²) in [7, 11) is 0. The van der Waals surface area contributed by atoms with Crippen molar-refractivity contribution in [2.24, 2.45) is 5.73 Å². The molecule has 0 radical (unpaired) electrons. The summed E-state index contributed by atoms with van der Waals surface area (Å²) in [5.74, 6) is 0.231. The Balaban J connectivity index is 0.00000205. The van der Waals surface area contributed by atoms with Crippen LogP contribution in [0.25, 0.3) is 32.1 Å². The van der Waals surface area contributed by atoms with Gasteiger partial charge in [-0.25, -0.2) is 0 Å². The lowest BCUT2D eigenvalue weighted by Crippen LogP contribution is -2.41. The lowest BCUT2D eigenvalue weighted by atomic mass is 9.64. The molecule has 0 unspecified atom stereocenters.